The van der Waals surface area contributed by atoms with Crippen molar-refractivity contribution in [2.75, 3.05) is 26.7 Å². The van der Waals surface area contributed by atoms with Gasteiger partial charge in [-0.05, 0) is 20.0 Å². The highest BCUT2D eigenvalue weighted by molar-refractivity contribution is 5.91. The fourth-order valence-electron chi connectivity index (χ4n) is 1.44. The van der Waals surface area contributed by atoms with Crippen molar-refractivity contribution in [3.8, 4) is 0 Å². The van der Waals surface area contributed by atoms with Crippen LogP contribution in [-0.2, 0) is 0 Å². The van der Waals surface area contributed by atoms with E-state index in [1.807, 2.05) is 0 Å². The van der Waals surface area contributed by atoms with Gasteiger partial charge in [0.25, 0.3) is 5.91 Å². The minimum atomic E-state index is -4.20. The second-order valence-corrected chi connectivity index (χ2v) is 4.05. The first-order valence-electron chi connectivity index (χ1n) is 5.68. The largest absolute Gasteiger partial charge is 0.401 e. The Balaban J connectivity index is 2.19. The third kappa shape index (κ3) is 6.70. The maximum atomic E-state index is 12.0. The van der Waals surface area contributed by atoms with Crippen LogP contribution in [0.2, 0.25) is 0 Å². The first-order chi connectivity index (χ1) is 8.88. The van der Waals surface area contributed by atoms with Gasteiger partial charge < -0.3 is 5.32 Å². The molecular weight excluding hydrogens is 261 g/mol. The molecule has 0 aliphatic heterocycles. The van der Waals surface area contributed by atoms with E-state index in [-0.39, 0.29) is 24.7 Å². The summed E-state index contributed by atoms with van der Waals surface area (Å²) in [6, 6.07) is 0. The van der Waals surface area contributed by atoms with Crippen LogP contribution in [0.4, 0.5) is 13.2 Å². The number of carbonyl (C=O) groups is 1. The summed E-state index contributed by atoms with van der Waals surface area (Å²) in [5, 5.41) is 2.57. The predicted octanol–water partition coefficient (Wildman–Crippen LogP) is 1.09. The number of hydrogen-bond acceptors (Lipinski definition) is 4. The van der Waals surface area contributed by atoms with Crippen LogP contribution in [0.5, 0.6) is 0 Å². The molecule has 1 rings (SSSR count). The van der Waals surface area contributed by atoms with Crippen molar-refractivity contribution in [1.82, 2.24) is 20.2 Å². The smallest absolute Gasteiger partial charge is 0.351 e. The van der Waals surface area contributed by atoms with Crippen molar-refractivity contribution in [3.63, 3.8) is 0 Å². The highest BCUT2D eigenvalue weighted by Crippen LogP contribution is 2.15. The zero-order valence-electron chi connectivity index (χ0n) is 10.4. The molecule has 8 heteroatoms. The summed E-state index contributed by atoms with van der Waals surface area (Å²) in [4.78, 5) is 20.2. The van der Waals surface area contributed by atoms with E-state index in [0.29, 0.717) is 6.42 Å². The van der Waals surface area contributed by atoms with Crippen molar-refractivity contribution < 1.29 is 18.0 Å². The summed E-state index contributed by atoms with van der Waals surface area (Å²) in [6.45, 7) is -0.414. The van der Waals surface area contributed by atoms with E-state index < -0.39 is 12.7 Å². The van der Waals surface area contributed by atoms with Crippen LogP contribution in [0.15, 0.2) is 18.6 Å². The summed E-state index contributed by atoms with van der Waals surface area (Å²) < 4.78 is 36.1. The molecule has 0 fully saturated rings. The van der Waals surface area contributed by atoms with Gasteiger partial charge in [-0.15, -0.1) is 0 Å². The Morgan fingerprint density at radius 2 is 2.16 bits per heavy atom. The molecule has 0 atom stereocenters. The second-order valence-electron chi connectivity index (χ2n) is 4.05. The monoisotopic (exact) mass is 276 g/mol. The van der Waals surface area contributed by atoms with E-state index in [1.54, 1.807) is 0 Å². The SMILES string of the molecule is CN(CCCNC(=O)c1cnccn1)CC(F)(F)F. The Hall–Kier alpha value is -1.70. The minimum Gasteiger partial charge on any atom is -0.351 e. The molecule has 1 amide bonds. The predicted molar refractivity (Wildman–Crippen MR) is 62.5 cm³/mol. The molecular formula is C11H15F3N4O. The van der Waals surface area contributed by atoms with Crippen molar-refractivity contribution in [2.24, 2.45) is 0 Å². The molecule has 19 heavy (non-hydrogen) atoms. The third-order valence-electron chi connectivity index (χ3n) is 2.25. The lowest BCUT2D eigenvalue weighted by atomic mass is 10.3. The van der Waals surface area contributed by atoms with Gasteiger partial charge in [0, 0.05) is 18.9 Å². The third-order valence-corrected chi connectivity index (χ3v) is 2.25. The number of amides is 1. The van der Waals surface area contributed by atoms with Crippen LogP contribution in [-0.4, -0.2) is 53.6 Å². The molecule has 5 nitrogen and oxygen atoms in total. The van der Waals surface area contributed by atoms with E-state index in [9.17, 15) is 18.0 Å². The van der Waals surface area contributed by atoms with Gasteiger partial charge in [-0.2, -0.15) is 13.2 Å². The van der Waals surface area contributed by atoms with Crippen LogP contribution < -0.4 is 5.32 Å². The van der Waals surface area contributed by atoms with Crippen molar-refractivity contribution >= 4 is 5.91 Å². The molecule has 0 saturated carbocycles. The molecule has 1 aromatic heterocycles. The van der Waals surface area contributed by atoms with Gasteiger partial charge in [-0.25, -0.2) is 4.98 Å². The van der Waals surface area contributed by atoms with Gasteiger partial charge in [0.2, 0.25) is 0 Å². The molecule has 106 valence electrons. The fourth-order valence-corrected chi connectivity index (χ4v) is 1.44. The normalized spacial score (nSPS) is 11.6. The lowest BCUT2D eigenvalue weighted by Gasteiger charge is -2.18. The van der Waals surface area contributed by atoms with Crippen LogP contribution >= 0.6 is 0 Å². The molecule has 0 aliphatic rings. The number of hydrogen-bond donors (Lipinski definition) is 1. The number of carbonyl (C=O) groups excluding carboxylic acids is 1. The molecule has 0 aliphatic carbocycles. The topological polar surface area (TPSA) is 58.1 Å². The Morgan fingerprint density at radius 3 is 2.74 bits per heavy atom. The molecule has 1 heterocycles. The number of nitrogens with zero attached hydrogens (tertiary/aromatic N) is 3. The highest BCUT2D eigenvalue weighted by atomic mass is 19.4. The average molecular weight is 276 g/mol. The number of rotatable bonds is 6. The summed E-state index contributed by atoms with van der Waals surface area (Å²) in [6.07, 6.45) is 0.399. The standard InChI is InChI=1S/C11H15F3N4O/c1-18(8-11(12,13)14)6-2-3-17-10(19)9-7-15-4-5-16-9/h4-5,7H,2-3,6,8H2,1H3,(H,17,19). The summed E-state index contributed by atoms with van der Waals surface area (Å²) in [5.74, 6) is -0.383. The fraction of sp³-hybridized carbons (Fsp3) is 0.545. The summed E-state index contributed by atoms with van der Waals surface area (Å²) in [7, 11) is 1.39. The maximum Gasteiger partial charge on any atom is 0.401 e. The van der Waals surface area contributed by atoms with E-state index in [0.717, 1.165) is 4.90 Å². The summed E-state index contributed by atoms with van der Waals surface area (Å²) >= 11 is 0. The van der Waals surface area contributed by atoms with Crippen molar-refractivity contribution in [1.29, 1.82) is 0 Å². The molecule has 0 aromatic carbocycles. The lowest BCUT2D eigenvalue weighted by Crippen LogP contribution is -2.34. The number of halogens is 3. The molecule has 0 unspecified atom stereocenters. The van der Waals surface area contributed by atoms with Gasteiger partial charge in [-0.1, -0.05) is 0 Å². The van der Waals surface area contributed by atoms with Crippen LogP contribution in [0.25, 0.3) is 0 Å². The Morgan fingerprint density at radius 1 is 1.42 bits per heavy atom. The van der Waals surface area contributed by atoms with Gasteiger partial charge >= 0.3 is 6.18 Å². The van der Waals surface area contributed by atoms with Gasteiger partial charge in [0.1, 0.15) is 5.69 Å². The van der Waals surface area contributed by atoms with E-state index >= 15 is 0 Å². The van der Waals surface area contributed by atoms with Gasteiger partial charge in [0.05, 0.1) is 12.7 Å². The lowest BCUT2D eigenvalue weighted by molar-refractivity contribution is -0.143. The van der Waals surface area contributed by atoms with Crippen molar-refractivity contribution in [2.45, 2.75) is 12.6 Å². The zero-order valence-corrected chi connectivity index (χ0v) is 10.4. The van der Waals surface area contributed by atoms with Gasteiger partial charge in [-0.3, -0.25) is 14.7 Å². The van der Waals surface area contributed by atoms with Crippen LogP contribution in [0, 0.1) is 0 Å². The van der Waals surface area contributed by atoms with Crippen LogP contribution in [0.1, 0.15) is 16.9 Å². The molecule has 1 N–H and O–H groups in total. The van der Waals surface area contributed by atoms with Crippen molar-refractivity contribution in [3.05, 3.63) is 24.3 Å². The molecule has 0 saturated heterocycles. The van der Waals surface area contributed by atoms with Gasteiger partial charge in [0.15, 0.2) is 0 Å². The maximum absolute atomic E-state index is 12.0. The Labute approximate surface area is 108 Å². The first kappa shape index (κ1) is 15.4. The Bertz CT molecular complexity index is 397. The first-order valence-corrected chi connectivity index (χ1v) is 5.68. The highest BCUT2D eigenvalue weighted by Gasteiger charge is 2.28. The zero-order chi connectivity index (χ0) is 14.3. The van der Waals surface area contributed by atoms with E-state index in [2.05, 4.69) is 15.3 Å². The minimum absolute atomic E-state index is 0.186. The molecule has 0 spiro atoms. The second kappa shape index (κ2) is 7.03. The number of aromatic nitrogens is 2. The number of alkyl halides is 3. The van der Waals surface area contributed by atoms with E-state index in [1.165, 1.54) is 25.6 Å². The van der Waals surface area contributed by atoms with E-state index in [4.69, 9.17) is 0 Å². The number of nitrogens with one attached hydrogen (secondary N) is 1. The quantitative estimate of drug-likeness (QED) is 0.790. The average Bonchev–Trinajstić information content (AvgIpc) is 2.33. The molecule has 0 radical (unpaired) electrons. The van der Waals surface area contributed by atoms with Crippen LogP contribution in [0.3, 0.4) is 0 Å². The summed E-state index contributed by atoms with van der Waals surface area (Å²) in [5.41, 5.74) is 0.186. The molecule has 1 aromatic rings. The molecule has 0 bridgehead atoms. The Kier molecular flexibility index (Phi) is 5.68.